The normalized spacial score (nSPS) is 10.4. The molecule has 0 aliphatic rings. The predicted octanol–water partition coefficient (Wildman–Crippen LogP) is 5.74. The molecule has 0 saturated carbocycles. The summed E-state index contributed by atoms with van der Waals surface area (Å²) >= 11 is 11.9. The molecule has 0 aliphatic carbocycles. The van der Waals surface area contributed by atoms with Crippen molar-refractivity contribution in [3.8, 4) is 11.5 Å². The van der Waals surface area contributed by atoms with Crippen LogP contribution in [0.25, 0.3) is 0 Å². The molecule has 0 unspecified atom stereocenters. The maximum Gasteiger partial charge on any atom is 0.271 e. The smallest absolute Gasteiger partial charge is 0.271 e. The van der Waals surface area contributed by atoms with Crippen molar-refractivity contribution in [2.45, 2.75) is 6.61 Å². The number of nitro benzene ring substituents is 1. The minimum Gasteiger partial charge on any atom is -0.493 e. The molecule has 1 amide bonds. The van der Waals surface area contributed by atoms with Gasteiger partial charge in [-0.05, 0) is 42.0 Å². The van der Waals surface area contributed by atoms with E-state index in [4.69, 9.17) is 32.7 Å². The summed E-state index contributed by atoms with van der Waals surface area (Å²) in [4.78, 5) is 22.8. The second-order valence-corrected chi connectivity index (χ2v) is 7.00. The highest BCUT2D eigenvalue weighted by Crippen LogP contribution is 2.31. The topological polar surface area (TPSA) is 90.7 Å². The number of nitrogens with one attached hydrogen (secondary N) is 1. The second-order valence-electron chi connectivity index (χ2n) is 6.16. The summed E-state index contributed by atoms with van der Waals surface area (Å²) in [5.74, 6) is 0.400. The zero-order chi connectivity index (χ0) is 21.7. The van der Waals surface area contributed by atoms with Crippen molar-refractivity contribution in [3.63, 3.8) is 0 Å². The Morgan fingerprint density at radius 3 is 2.40 bits per heavy atom. The van der Waals surface area contributed by atoms with Gasteiger partial charge >= 0.3 is 0 Å². The molecule has 9 heteroatoms. The molecule has 0 radical (unpaired) electrons. The van der Waals surface area contributed by atoms with Crippen LogP contribution in [0.3, 0.4) is 0 Å². The molecule has 30 heavy (non-hydrogen) atoms. The number of nitro groups is 1. The molecule has 0 aliphatic heterocycles. The SMILES string of the molecule is COc1cc(C(=O)Nc2ccc([N+](=O)[O-])cc2Cl)ccc1OCc1ccc(Cl)cc1. The van der Waals surface area contributed by atoms with Gasteiger partial charge in [-0.2, -0.15) is 0 Å². The number of methoxy groups -OCH3 is 1. The Hall–Kier alpha value is -3.29. The minimum atomic E-state index is -0.564. The number of carbonyl (C=O) groups excluding carboxylic acids is 1. The molecule has 0 spiro atoms. The van der Waals surface area contributed by atoms with Crippen LogP contribution in [0.2, 0.25) is 10.0 Å². The summed E-state index contributed by atoms with van der Waals surface area (Å²) in [6, 6.07) is 15.8. The van der Waals surface area contributed by atoms with Crippen LogP contribution in [-0.4, -0.2) is 17.9 Å². The van der Waals surface area contributed by atoms with E-state index in [1.54, 1.807) is 24.3 Å². The first-order valence-electron chi connectivity index (χ1n) is 8.68. The summed E-state index contributed by atoms with van der Waals surface area (Å²) in [6.07, 6.45) is 0. The lowest BCUT2D eigenvalue weighted by atomic mass is 10.1. The van der Waals surface area contributed by atoms with Crippen molar-refractivity contribution in [2.75, 3.05) is 12.4 Å². The van der Waals surface area contributed by atoms with Crippen LogP contribution in [0, 0.1) is 10.1 Å². The fraction of sp³-hybridized carbons (Fsp3) is 0.0952. The molecule has 0 heterocycles. The summed E-state index contributed by atoms with van der Waals surface area (Å²) in [5.41, 5.74) is 1.33. The largest absolute Gasteiger partial charge is 0.493 e. The zero-order valence-electron chi connectivity index (χ0n) is 15.7. The highest BCUT2D eigenvalue weighted by molar-refractivity contribution is 6.34. The van der Waals surface area contributed by atoms with Gasteiger partial charge in [0.25, 0.3) is 11.6 Å². The Morgan fingerprint density at radius 1 is 1.03 bits per heavy atom. The van der Waals surface area contributed by atoms with Gasteiger partial charge in [-0.15, -0.1) is 0 Å². The van der Waals surface area contributed by atoms with Gasteiger partial charge in [0.2, 0.25) is 0 Å². The zero-order valence-corrected chi connectivity index (χ0v) is 17.2. The highest BCUT2D eigenvalue weighted by atomic mass is 35.5. The molecular formula is C21H16Cl2N2O5. The van der Waals surface area contributed by atoms with Crippen LogP contribution in [0.5, 0.6) is 11.5 Å². The van der Waals surface area contributed by atoms with Crippen LogP contribution in [0.4, 0.5) is 11.4 Å². The number of benzene rings is 3. The molecule has 3 aromatic rings. The number of hydrogen-bond donors (Lipinski definition) is 1. The van der Waals surface area contributed by atoms with Gasteiger partial charge in [-0.1, -0.05) is 35.3 Å². The first kappa shape index (κ1) is 21.4. The third kappa shape index (κ3) is 5.20. The van der Waals surface area contributed by atoms with Crippen molar-refractivity contribution in [2.24, 2.45) is 0 Å². The number of anilines is 1. The van der Waals surface area contributed by atoms with Crippen molar-refractivity contribution in [1.82, 2.24) is 0 Å². The number of nitrogens with zero attached hydrogens (tertiary/aromatic N) is 1. The minimum absolute atomic E-state index is 0.0624. The number of halogens is 2. The lowest BCUT2D eigenvalue weighted by Crippen LogP contribution is -2.12. The fourth-order valence-corrected chi connectivity index (χ4v) is 2.93. The Morgan fingerprint density at radius 2 is 1.77 bits per heavy atom. The Bertz CT molecular complexity index is 1090. The van der Waals surface area contributed by atoms with Gasteiger partial charge < -0.3 is 14.8 Å². The average molecular weight is 447 g/mol. The molecule has 0 fully saturated rings. The summed E-state index contributed by atoms with van der Waals surface area (Å²) in [7, 11) is 1.47. The third-order valence-electron chi connectivity index (χ3n) is 4.15. The highest BCUT2D eigenvalue weighted by Gasteiger charge is 2.15. The van der Waals surface area contributed by atoms with Crippen LogP contribution >= 0.6 is 23.2 Å². The lowest BCUT2D eigenvalue weighted by Gasteiger charge is -2.13. The van der Waals surface area contributed by atoms with Gasteiger partial charge in [0.1, 0.15) is 6.61 Å². The monoisotopic (exact) mass is 446 g/mol. The molecule has 0 bridgehead atoms. The Kier molecular flexibility index (Phi) is 6.76. The number of ether oxygens (including phenoxy) is 2. The van der Waals surface area contributed by atoms with Gasteiger partial charge in [0.15, 0.2) is 11.5 Å². The maximum atomic E-state index is 12.6. The van der Waals surface area contributed by atoms with E-state index in [9.17, 15) is 14.9 Å². The van der Waals surface area contributed by atoms with E-state index in [1.807, 2.05) is 12.1 Å². The number of rotatable bonds is 7. The van der Waals surface area contributed by atoms with E-state index in [0.29, 0.717) is 28.7 Å². The average Bonchev–Trinajstić information content (AvgIpc) is 2.74. The summed E-state index contributed by atoms with van der Waals surface area (Å²) in [6.45, 7) is 0.303. The van der Waals surface area contributed by atoms with Crippen molar-refractivity contribution in [1.29, 1.82) is 0 Å². The number of hydrogen-bond acceptors (Lipinski definition) is 5. The van der Waals surface area contributed by atoms with Crippen LogP contribution in [-0.2, 0) is 6.61 Å². The number of carbonyl (C=O) groups is 1. The standard InChI is InChI=1S/C21H16Cl2N2O5/c1-29-20-10-14(4-9-19(20)30-12-13-2-5-15(22)6-3-13)21(26)24-18-8-7-16(25(27)28)11-17(18)23/h2-11H,12H2,1H3,(H,24,26). The molecular weight excluding hydrogens is 431 g/mol. The van der Waals surface area contributed by atoms with Crippen molar-refractivity contribution < 1.29 is 19.2 Å². The van der Waals surface area contributed by atoms with Crippen LogP contribution in [0.15, 0.2) is 60.7 Å². The van der Waals surface area contributed by atoms with E-state index < -0.39 is 10.8 Å². The molecule has 3 rings (SSSR count). The quantitative estimate of drug-likeness (QED) is 0.368. The molecule has 3 aromatic carbocycles. The Balaban J connectivity index is 1.72. The fourth-order valence-electron chi connectivity index (χ4n) is 2.58. The first-order valence-corrected chi connectivity index (χ1v) is 9.43. The van der Waals surface area contributed by atoms with E-state index in [1.165, 1.54) is 31.4 Å². The molecule has 0 saturated heterocycles. The lowest BCUT2D eigenvalue weighted by molar-refractivity contribution is -0.384. The van der Waals surface area contributed by atoms with Gasteiger partial charge in [0.05, 0.1) is 22.7 Å². The van der Waals surface area contributed by atoms with Crippen LogP contribution in [0.1, 0.15) is 15.9 Å². The van der Waals surface area contributed by atoms with Crippen molar-refractivity contribution in [3.05, 3.63) is 92.0 Å². The predicted molar refractivity (Wildman–Crippen MR) is 115 cm³/mol. The van der Waals surface area contributed by atoms with Crippen LogP contribution < -0.4 is 14.8 Å². The first-order chi connectivity index (χ1) is 14.4. The number of amides is 1. The maximum absolute atomic E-state index is 12.6. The van der Waals surface area contributed by atoms with Gasteiger partial charge in [0, 0.05) is 22.7 Å². The second kappa shape index (κ2) is 9.47. The van der Waals surface area contributed by atoms with E-state index in [-0.39, 0.29) is 16.4 Å². The van der Waals surface area contributed by atoms with E-state index in [0.717, 1.165) is 5.56 Å². The van der Waals surface area contributed by atoms with Gasteiger partial charge in [-0.25, -0.2) is 0 Å². The van der Waals surface area contributed by atoms with E-state index >= 15 is 0 Å². The third-order valence-corrected chi connectivity index (χ3v) is 4.71. The molecule has 154 valence electrons. The molecule has 0 atom stereocenters. The van der Waals surface area contributed by atoms with Gasteiger partial charge in [-0.3, -0.25) is 14.9 Å². The summed E-state index contributed by atoms with van der Waals surface area (Å²) in [5, 5.41) is 14.1. The molecule has 0 aromatic heterocycles. The molecule has 7 nitrogen and oxygen atoms in total. The number of non-ortho nitro benzene ring substituents is 1. The summed E-state index contributed by atoms with van der Waals surface area (Å²) < 4.78 is 11.1. The van der Waals surface area contributed by atoms with E-state index in [2.05, 4.69) is 5.32 Å². The van der Waals surface area contributed by atoms with Crippen molar-refractivity contribution >= 4 is 40.5 Å². The Labute approximate surface area is 182 Å². The molecule has 1 N–H and O–H groups in total.